The van der Waals surface area contributed by atoms with Crippen LogP contribution in [0, 0.1) is 0 Å². The zero-order valence-electron chi connectivity index (χ0n) is 17.2. The fourth-order valence-electron chi connectivity index (χ4n) is 3.68. The number of nitrogens with one attached hydrogen (secondary N) is 2. The number of hydrogen-bond donors (Lipinski definition) is 2. The molecule has 2 N–H and O–H groups in total. The molecule has 3 rings (SSSR count). The van der Waals surface area contributed by atoms with Gasteiger partial charge >= 0.3 is 0 Å². The van der Waals surface area contributed by atoms with Gasteiger partial charge < -0.3 is 5.32 Å². The van der Waals surface area contributed by atoms with Gasteiger partial charge in [0, 0.05) is 18.7 Å². The van der Waals surface area contributed by atoms with Crippen molar-refractivity contribution in [3.63, 3.8) is 0 Å². The average Bonchev–Trinajstić information content (AvgIpc) is 2.95. The van der Waals surface area contributed by atoms with Gasteiger partial charge in [-0.05, 0) is 31.4 Å². The van der Waals surface area contributed by atoms with Gasteiger partial charge in [-0.3, -0.25) is 33.6 Å². The topological polar surface area (TPSA) is 139 Å². The first-order valence-electron chi connectivity index (χ1n) is 10.1. The molecule has 0 aromatic heterocycles. The molecule has 1 unspecified atom stereocenters. The number of rotatable bonds is 10. The Balaban J connectivity index is 1.56. The molecule has 0 radical (unpaired) electrons. The SMILES string of the molecule is CS(=O)(=O)OCCCCCCNc1cccc2c1C(=O)N(C1CCC(=O)NC1=O)C2=O. The van der Waals surface area contributed by atoms with E-state index < -0.39 is 39.8 Å². The summed E-state index contributed by atoms with van der Waals surface area (Å²) in [4.78, 5) is 50.2. The zero-order chi connectivity index (χ0) is 22.6. The number of imide groups is 2. The van der Waals surface area contributed by atoms with Crippen molar-refractivity contribution in [1.29, 1.82) is 0 Å². The molecule has 11 heteroatoms. The lowest BCUT2D eigenvalue weighted by Crippen LogP contribution is -2.54. The standard InChI is InChI=1S/C20H25N3O7S/c1-31(28,29)30-12-5-3-2-4-11-21-14-8-6-7-13-17(14)20(27)23(19(13)26)15-9-10-16(24)22-18(15)25/h6-8,15,21H,2-5,9-12H2,1H3,(H,22,24,25). The minimum Gasteiger partial charge on any atom is -0.384 e. The Morgan fingerprint density at radius 1 is 1.10 bits per heavy atom. The number of hydrogen-bond acceptors (Lipinski definition) is 8. The molecule has 2 heterocycles. The number of amides is 4. The Morgan fingerprint density at radius 3 is 2.55 bits per heavy atom. The summed E-state index contributed by atoms with van der Waals surface area (Å²) >= 11 is 0. The molecular weight excluding hydrogens is 426 g/mol. The molecule has 1 atom stereocenters. The lowest BCUT2D eigenvalue weighted by molar-refractivity contribution is -0.136. The van der Waals surface area contributed by atoms with E-state index in [0.29, 0.717) is 18.7 Å². The number of piperidine rings is 1. The third-order valence-corrected chi connectivity index (χ3v) is 5.75. The second kappa shape index (κ2) is 9.56. The number of benzene rings is 1. The lowest BCUT2D eigenvalue weighted by atomic mass is 10.0. The maximum Gasteiger partial charge on any atom is 0.264 e. The molecule has 31 heavy (non-hydrogen) atoms. The summed E-state index contributed by atoms with van der Waals surface area (Å²) in [5.41, 5.74) is 0.988. The average molecular weight is 452 g/mol. The lowest BCUT2D eigenvalue weighted by Gasteiger charge is -2.27. The Bertz CT molecular complexity index is 1010. The maximum atomic E-state index is 13.0. The molecule has 1 fully saturated rings. The molecule has 10 nitrogen and oxygen atoms in total. The second-order valence-corrected chi connectivity index (χ2v) is 9.19. The Hall–Kier alpha value is -2.79. The van der Waals surface area contributed by atoms with Crippen LogP contribution in [0.3, 0.4) is 0 Å². The largest absolute Gasteiger partial charge is 0.384 e. The normalized spacial score (nSPS) is 18.9. The van der Waals surface area contributed by atoms with Crippen LogP contribution in [0.15, 0.2) is 18.2 Å². The van der Waals surface area contributed by atoms with Crippen molar-refractivity contribution < 1.29 is 31.8 Å². The van der Waals surface area contributed by atoms with Crippen LogP contribution in [0.5, 0.6) is 0 Å². The van der Waals surface area contributed by atoms with E-state index in [1.807, 2.05) is 0 Å². The summed E-state index contributed by atoms with van der Waals surface area (Å²) in [7, 11) is -3.41. The molecule has 4 amide bonds. The molecule has 0 bridgehead atoms. The summed E-state index contributed by atoms with van der Waals surface area (Å²) in [5.74, 6) is -2.14. The highest BCUT2D eigenvalue weighted by molar-refractivity contribution is 7.85. The third-order valence-electron chi connectivity index (χ3n) is 5.15. The summed E-state index contributed by atoms with van der Waals surface area (Å²) in [5, 5.41) is 5.35. The number of fused-ring (bicyclic) bond motifs is 1. The Morgan fingerprint density at radius 2 is 1.84 bits per heavy atom. The van der Waals surface area contributed by atoms with E-state index in [9.17, 15) is 27.6 Å². The summed E-state index contributed by atoms with van der Waals surface area (Å²) < 4.78 is 26.5. The molecule has 1 aromatic rings. The highest BCUT2D eigenvalue weighted by Crippen LogP contribution is 2.32. The van der Waals surface area contributed by atoms with Gasteiger partial charge in [-0.25, -0.2) is 0 Å². The van der Waals surface area contributed by atoms with Crippen LogP contribution >= 0.6 is 0 Å². The van der Waals surface area contributed by atoms with E-state index in [1.165, 1.54) is 0 Å². The molecular formula is C20H25N3O7S. The van der Waals surface area contributed by atoms with Gasteiger partial charge in [0.25, 0.3) is 21.9 Å². The quantitative estimate of drug-likeness (QED) is 0.306. The predicted octanol–water partition coefficient (Wildman–Crippen LogP) is 1.04. The molecule has 0 saturated carbocycles. The van der Waals surface area contributed by atoms with Crippen molar-refractivity contribution in [3.05, 3.63) is 29.3 Å². The number of carbonyl (C=O) groups excluding carboxylic acids is 4. The van der Waals surface area contributed by atoms with Crippen molar-refractivity contribution in [2.45, 2.75) is 44.6 Å². The monoisotopic (exact) mass is 451 g/mol. The highest BCUT2D eigenvalue weighted by Gasteiger charge is 2.45. The molecule has 168 valence electrons. The third kappa shape index (κ3) is 5.47. The minimum absolute atomic E-state index is 0.0736. The van der Waals surface area contributed by atoms with E-state index in [0.717, 1.165) is 30.4 Å². The summed E-state index contributed by atoms with van der Waals surface area (Å²) in [6.07, 6.45) is 4.24. The number of unbranched alkanes of at least 4 members (excludes halogenated alkanes) is 3. The van der Waals surface area contributed by atoms with Crippen LogP contribution in [0.1, 0.15) is 59.2 Å². The van der Waals surface area contributed by atoms with Crippen LogP contribution in [0.4, 0.5) is 5.69 Å². The van der Waals surface area contributed by atoms with Crippen molar-refractivity contribution in [3.8, 4) is 0 Å². The van der Waals surface area contributed by atoms with E-state index in [2.05, 4.69) is 14.8 Å². The van der Waals surface area contributed by atoms with Crippen LogP contribution in [-0.2, 0) is 23.9 Å². The van der Waals surface area contributed by atoms with E-state index in [1.54, 1.807) is 18.2 Å². The van der Waals surface area contributed by atoms with Crippen molar-refractivity contribution in [2.24, 2.45) is 0 Å². The van der Waals surface area contributed by atoms with Gasteiger partial charge in [-0.15, -0.1) is 0 Å². The molecule has 0 spiro atoms. The summed E-state index contributed by atoms with van der Waals surface area (Å²) in [6, 6.07) is 3.93. The van der Waals surface area contributed by atoms with Gasteiger partial charge in [-0.1, -0.05) is 18.9 Å². The smallest absolute Gasteiger partial charge is 0.264 e. The zero-order valence-corrected chi connectivity index (χ0v) is 18.0. The Labute approximate surface area is 180 Å². The van der Waals surface area contributed by atoms with E-state index >= 15 is 0 Å². The van der Waals surface area contributed by atoms with Crippen molar-refractivity contribution in [2.75, 3.05) is 24.7 Å². The van der Waals surface area contributed by atoms with E-state index in [4.69, 9.17) is 0 Å². The fraction of sp³-hybridized carbons (Fsp3) is 0.500. The van der Waals surface area contributed by atoms with E-state index in [-0.39, 0.29) is 30.6 Å². The van der Waals surface area contributed by atoms with Crippen LogP contribution in [0.2, 0.25) is 0 Å². The maximum absolute atomic E-state index is 13.0. The molecule has 2 aliphatic rings. The van der Waals surface area contributed by atoms with Crippen LogP contribution in [0.25, 0.3) is 0 Å². The van der Waals surface area contributed by atoms with Gasteiger partial charge in [0.1, 0.15) is 6.04 Å². The first kappa shape index (κ1) is 22.9. The van der Waals surface area contributed by atoms with Gasteiger partial charge in [0.2, 0.25) is 11.8 Å². The second-order valence-electron chi connectivity index (χ2n) is 7.54. The van der Waals surface area contributed by atoms with Crippen LogP contribution < -0.4 is 10.6 Å². The van der Waals surface area contributed by atoms with Crippen molar-refractivity contribution >= 4 is 39.4 Å². The van der Waals surface area contributed by atoms with Crippen molar-refractivity contribution in [1.82, 2.24) is 10.2 Å². The summed E-state index contributed by atoms with van der Waals surface area (Å²) in [6.45, 7) is 0.717. The molecule has 0 aliphatic carbocycles. The van der Waals surface area contributed by atoms with Gasteiger partial charge in [0.05, 0.1) is 24.0 Å². The first-order valence-corrected chi connectivity index (χ1v) is 11.9. The number of carbonyl (C=O) groups is 4. The predicted molar refractivity (Wildman–Crippen MR) is 111 cm³/mol. The molecule has 2 aliphatic heterocycles. The van der Waals surface area contributed by atoms with Gasteiger partial charge in [0.15, 0.2) is 0 Å². The highest BCUT2D eigenvalue weighted by atomic mass is 32.2. The number of anilines is 1. The fourth-order valence-corrected chi connectivity index (χ4v) is 4.10. The Kier molecular flexibility index (Phi) is 7.06. The minimum atomic E-state index is -3.41. The molecule has 1 aromatic carbocycles. The van der Waals surface area contributed by atoms with Crippen LogP contribution in [-0.4, -0.2) is 62.4 Å². The number of nitrogens with zero attached hydrogens (tertiary/aromatic N) is 1. The molecule has 1 saturated heterocycles. The van der Waals surface area contributed by atoms with Gasteiger partial charge in [-0.2, -0.15) is 8.42 Å². The first-order chi connectivity index (χ1) is 14.7.